The number of rotatable bonds is 4. The number of hydrogen-bond acceptors (Lipinski definition) is 1. The van der Waals surface area contributed by atoms with Crippen LogP contribution >= 0.6 is 46.4 Å². The van der Waals surface area contributed by atoms with Crippen LogP contribution in [0.3, 0.4) is 0 Å². The van der Waals surface area contributed by atoms with Crippen molar-refractivity contribution in [2.45, 2.75) is 18.9 Å². The molecule has 0 bridgehead atoms. The van der Waals surface area contributed by atoms with Crippen LogP contribution in [0.1, 0.15) is 11.1 Å². The summed E-state index contributed by atoms with van der Waals surface area (Å²) in [6.07, 6.45) is 1.29. The molecule has 0 heterocycles. The SMILES string of the molecule is NC(Cc1ccc(Cl)cc1Cl)Cc1cccc(Cl)c1Cl. The van der Waals surface area contributed by atoms with Crippen molar-refractivity contribution in [3.63, 3.8) is 0 Å². The van der Waals surface area contributed by atoms with E-state index >= 15 is 0 Å². The van der Waals surface area contributed by atoms with Crippen LogP contribution in [-0.4, -0.2) is 6.04 Å². The molecular formula is C15H13Cl4N. The van der Waals surface area contributed by atoms with Gasteiger partial charge in [0, 0.05) is 16.1 Å². The fourth-order valence-corrected chi connectivity index (χ4v) is 2.91. The van der Waals surface area contributed by atoms with E-state index in [0.29, 0.717) is 32.9 Å². The van der Waals surface area contributed by atoms with E-state index in [1.165, 1.54) is 0 Å². The zero-order valence-corrected chi connectivity index (χ0v) is 13.6. The minimum absolute atomic E-state index is 0.0929. The topological polar surface area (TPSA) is 26.0 Å². The van der Waals surface area contributed by atoms with Gasteiger partial charge in [0.2, 0.25) is 0 Å². The van der Waals surface area contributed by atoms with Crippen molar-refractivity contribution in [3.05, 3.63) is 67.6 Å². The third kappa shape index (κ3) is 4.03. The zero-order valence-electron chi connectivity index (χ0n) is 10.5. The van der Waals surface area contributed by atoms with Crippen LogP contribution in [0.15, 0.2) is 36.4 Å². The van der Waals surface area contributed by atoms with E-state index < -0.39 is 0 Å². The van der Waals surface area contributed by atoms with Crippen molar-refractivity contribution in [2.24, 2.45) is 5.73 Å². The van der Waals surface area contributed by atoms with Crippen molar-refractivity contribution < 1.29 is 0 Å². The largest absolute Gasteiger partial charge is 0.327 e. The summed E-state index contributed by atoms with van der Waals surface area (Å²) in [7, 11) is 0. The van der Waals surface area contributed by atoms with Crippen molar-refractivity contribution in [1.82, 2.24) is 0 Å². The molecule has 0 aliphatic carbocycles. The van der Waals surface area contributed by atoms with E-state index in [0.717, 1.165) is 11.1 Å². The lowest BCUT2D eigenvalue weighted by Gasteiger charge is -2.14. The smallest absolute Gasteiger partial charge is 0.0624 e. The van der Waals surface area contributed by atoms with Crippen LogP contribution in [0.4, 0.5) is 0 Å². The molecule has 0 amide bonds. The Bertz CT molecular complexity index is 613. The molecule has 1 unspecified atom stereocenters. The monoisotopic (exact) mass is 347 g/mol. The first-order chi connectivity index (χ1) is 9.47. The number of hydrogen-bond donors (Lipinski definition) is 1. The Labute approximate surface area is 138 Å². The summed E-state index contributed by atoms with van der Waals surface area (Å²) in [6, 6.07) is 10.9. The van der Waals surface area contributed by atoms with Crippen LogP contribution in [0.5, 0.6) is 0 Å². The van der Waals surface area contributed by atoms with Gasteiger partial charge in [-0.05, 0) is 42.2 Å². The molecule has 0 aliphatic heterocycles. The van der Waals surface area contributed by atoms with Crippen molar-refractivity contribution in [2.75, 3.05) is 0 Å². The van der Waals surface area contributed by atoms with E-state index in [2.05, 4.69) is 0 Å². The Morgan fingerprint density at radius 2 is 1.55 bits per heavy atom. The lowest BCUT2D eigenvalue weighted by atomic mass is 9.99. The van der Waals surface area contributed by atoms with Gasteiger partial charge in [-0.15, -0.1) is 0 Å². The highest BCUT2D eigenvalue weighted by atomic mass is 35.5. The number of halogens is 4. The first kappa shape index (κ1) is 15.9. The van der Waals surface area contributed by atoms with Crippen LogP contribution in [0.2, 0.25) is 20.1 Å². The molecule has 0 aliphatic rings. The van der Waals surface area contributed by atoms with Gasteiger partial charge in [-0.25, -0.2) is 0 Å². The van der Waals surface area contributed by atoms with E-state index in [1.54, 1.807) is 12.1 Å². The molecule has 1 nitrogen and oxygen atoms in total. The molecule has 2 aromatic carbocycles. The Balaban J connectivity index is 2.09. The third-order valence-electron chi connectivity index (χ3n) is 3.01. The minimum atomic E-state index is -0.0929. The van der Waals surface area contributed by atoms with Gasteiger partial charge in [-0.2, -0.15) is 0 Å². The summed E-state index contributed by atoms with van der Waals surface area (Å²) < 4.78 is 0. The van der Waals surface area contributed by atoms with Gasteiger partial charge in [-0.3, -0.25) is 0 Å². The molecule has 0 aromatic heterocycles. The predicted octanol–water partition coefficient (Wildman–Crippen LogP) is 5.41. The highest BCUT2D eigenvalue weighted by molar-refractivity contribution is 6.42. The Kier molecular flexibility index (Phi) is 5.59. The fraction of sp³-hybridized carbons (Fsp3) is 0.200. The minimum Gasteiger partial charge on any atom is -0.327 e. The zero-order chi connectivity index (χ0) is 14.7. The lowest BCUT2D eigenvalue weighted by molar-refractivity contribution is 0.665. The van der Waals surface area contributed by atoms with E-state index in [-0.39, 0.29) is 6.04 Å². The molecule has 1 atom stereocenters. The van der Waals surface area contributed by atoms with Crippen LogP contribution in [0, 0.1) is 0 Å². The molecule has 2 rings (SSSR count). The lowest BCUT2D eigenvalue weighted by Crippen LogP contribution is -2.25. The van der Waals surface area contributed by atoms with Crippen molar-refractivity contribution >= 4 is 46.4 Å². The summed E-state index contributed by atoms with van der Waals surface area (Å²) in [5.41, 5.74) is 8.09. The van der Waals surface area contributed by atoms with Gasteiger partial charge in [0.25, 0.3) is 0 Å². The molecule has 0 saturated heterocycles. The quantitative estimate of drug-likeness (QED) is 0.785. The third-order valence-corrected chi connectivity index (χ3v) is 4.46. The summed E-state index contributed by atoms with van der Waals surface area (Å²) in [5, 5.41) is 2.35. The molecule has 2 N–H and O–H groups in total. The summed E-state index contributed by atoms with van der Waals surface area (Å²) in [6.45, 7) is 0. The molecular weight excluding hydrogens is 336 g/mol. The van der Waals surface area contributed by atoms with E-state index in [9.17, 15) is 0 Å². The first-order valence-electron chi connectivity index (χ1n) is 6.09. The van der Waals surface area contributed by atoms with Crippen molar-refractivity contribution in [3.8, 4) is 0 Å². The summed E-state index contributed by atoms with van der Waals surface area (Å²) in [4.78, 5) is 0. The predicted molar refractivity (Wildman–Crippen MR) is 88.3 cm³/mol. The average molecular weight is 349 g/mol. The normalized spacial score (nSPS) is 12.4. The van der Waals surface area contributed by atoms with Gasteiger partial charge in [-0.1, -0.05) is 64.6 Å². The second kappa shape index (κ2) is 7.02. The summed E-state index contributed by atoms with van der Waals surface area (Å²) >= 11 is 24.2. The maximum atomic E-state index is 6.17. The van der Waals surface area contributed by atoms with Crippen LogP contribution in [0.25, 0.3) is 0 Å². The molecule has 2 aromatic rings. The summed E-state index contributed by atoms with van der Waals surface area (Å²) in [5.74, 6) is 0. The van der Waals surface area contributed by atoms with E-state index in [1.807, 2.05) is 24.3 Å². The Hall–Kier alpha value is -0.440. The van der Waals surface area contributed by atoms with Crippen LogP contribution < -0.4 is 5.73 Å². The molecule has 106 valence electrons. The van der Waals surface area contributed by atoms with Gasteiger partial charge in [0.15, 0.2) is 0 Å². The molecule has 0 spiro atoms. The maximum absolute atomic E-state index is 6.17. The number of nitrogens with two attached hydrogens (primary N) is 1. The maximum Gasteiger partial charge on any atom is 0.0624 e. The molecule has 20 heavy (non-hydrogen) atoms. The average Bonchev–Trinajstić information content (AvgIpc) is 2.38. The van der Waals surface area contributed by atoms with Crippen molar-refractivity contribution in [1.29, 1.82) is 0 Å². The fourth-order valence-electron chi connectivity index (χ4n) is 2.03. The molecule has 0 radical (unpaired) electrons. The highest BCUT2D eigenvalue weighted by Gasteiger charge is 2.12. The van der Waals surface area contributed by atoms with Gasteiger partial charge >= 0.3 is 0 Å². The Morgan fingerprint density at radius 3 is 2.25 bits per heavy atom. The molecule has 0 fully saturated rings. The van der Waals surface area contributed by atoms with Gasteiger partial charge in [0.05, 0.1) is 10.0 Å². The second-order valence-corrected chi connectivity index (χ2v) is 6.25. The van der Waals surface area contributed by atoms with Gasteiger partial charge in [0.1, 0.15) is 0 Å². The second-order valence-electron chi connectivity index (χ2n) is 4.62. The number of benzene rings is 2. The highest BCUT2D eigenvalue weighted by Crippen LogP contribution is 2.27. The molecule has 5 heteroatoms. The van der Waals surface area contributed by atoms with Gasteiger partial charge < -0.3 is 5.73 Å². The van der Waals surface area contributed by atoms with E-state index in [4.69, 9.17) is 52.1 Å². The standard InChI is InChI=1S/C15H13Cl4N/c16-11-5-4-9(14(18)8-11)6-12(20)7-10-2-1-3-13(17)15(10)19/h1-5,8,12H,6-7,20H2. The Morgan fingerprint density at radius 1 is 0.850 bits per heavy atom. The first-order valence-corrected chi connectivity index (χ1v) is 7.61. The molecule has 0 saturated carbocycles. The van der Waals surface area contributed by atoms with Crippen LogP contribution in [-0.2, 0) is 12.8 Å².